The minimum Gasteiger partial charge on any atom is -0.466 e. The van der Waals surface area contributed by atoms with Gasteiger partial charge in [0.25, 0.3) is 0 Å². The van der Waals surface area contributed by atoms with Crippen molar-refractivity contribution >= 4 is 11.9 Å². The standard InChI is InChI=1S/C22H40O5/c1-2-3-4-5-6-7-8-11-19(18-23)12-9-10-17-26-21(24)15-13-20-14-16-22(25)27-20/h19-20,23H,2-18H2,1H3. The molecule has 1 saturated heterocycles. The lowest BCUT2D eigenvalue weighted by Crippen LogP contribution is -2.12. The highest BCUT2D eigenvalue weighted by molar-refractivity contribution is 5.72. The van der Waals surface area contributed by atoms with E-state index in [0.29, 0.717) is 38.2 Å². The van der Waals surface area contributed by atoms with Gasteiger partial charge in [-0.05, 0) is 44.4 Å². The van der Waals surface area contributed by atoms with Gasteiger partial charge in [0.15, 0.2) is 0 Å². The second-order valence-electron chi connectivity index (χ2n) is 7.86. The van der Waals surface area contributed by atoms with Gasteiger partial charge in [-0.15, -0.1) is 0 Å². The highest BCUT2D eigenvalue weighted by atomic mass is 16.6. The number of aliphatic hydroxyl groups excluding tert-OH is 1. The number of carbonyl (C=O) groups excluding carboxylic acids is 2. The van der Waals surface area contributed by atoms with Crippen molar-refractivity contribution in [2.75, 3.05) is 13.2 Å². The molecular weight excluding hydrogens is 344 g/mol. The molecule has 5 nitrogen and oxygen atoms in total. The minimum atomic E-state index is -0.209. The summed E-state index contributed by atoms with van der Waals surface area (Å²) in [6, 6.07) is 0. The van der Waals surface area contributed by atoms with E-state index >= 15 is 0 Å². The summed E-state index contributed by atoms with van der Waals surface area (Å²) >= 11 is 0. The number of rotatable bonds is 17. The van der Waals surface area contributed by atoms with E-state index in [1.807, 2.05) is 0 Å². The first-order valence-corrected chi connectivity index (χ1v) is 11.1. The Labute approximate surface area is 165 Å². The zero-order chi connectivity index (χ0) is 19.7. The lowest BCUT2D eigenvalue weighted by molar-refractivity contribution is -0.147. The summed E-state index contributed by atoms with van der Waals surface area (Å²) in [5.74, 6) is 0.0106. The zero-order valence-corrected chi connectivity index (χ0v) is 17.3. The fourth-order valence-electron chi connectivity index (χ4n) is 3.57. The summed E-state index contributed by atoms with van der Waals surface area (Å²) in [4.78, 5) is 22.7. The fourth-order valence-corrected chi connectivity index (χ4v) is 3.57. The Morgan fingerprint density at radius 2 is 1.78 bits per heavy atom. The molecule has 1 aliphatic rings. The van der Waals surface area contributed by atoms with Crippen molar-refractivity contribution < 1.29 is 24.2 Å². The minimum absolute atomic E-state index is 0.109. The smallest absolute Gasteiger partial charge is 0.306 e. The van der Waals surface area contributed by atoms with E-state index in [-0.39, 0.29) is 24.6 Å². The molecule has 0 bridgehead atoms. The summed E-state index contributed by atoms with van der Waals surface area (Å²) in [6.45, 7) is 2.94. The molecule has 0 aromatic carbocycles. The predicted octanol–water partition coefficient (Wildman–Crippen LogP) is 4.93. The number of aliphatic hydroxyl groups is 1. The Bertz CT molecular complexity index is 396. The van der Waals surface area contributed by atoms with Crippen LogP contribution in [0, 0.1) is 5.92 Å². The molecule has 0 spiro atoms. The third-order valence-corrected chi connectivity index (χ3v) is 5.38. The number of esters is 2. The lowest BCUT2D eigenvalue weighted by Gasteiger charge is -2.14. The van der Waals surface area contributed by atoms with Crippen LogP contribution in [0.15, 0.2) is 0 Å². The maximum atomic E-state index is 11.7. The summed E-state index contributed by atoms with van der Waals surface area (Å²) in [6.07, 6.45) is 15.0. The van der Waals surface area contributed by atoms with Crippen molar-refractivity contribution in [3.05, 3.63) is 0 Å². The van der Waals surface area contributed by atoms with Gasteiger partial charge >= 0.3 is 11.9 Å². The Kier molecular flexibility index (Phi) is 14.1. The molecule has 1 N–H and O–H groups in total. The van der Waals surface area contributed by atoms with Crippen LogP contribution in [-0.2, 0) is 19.1 Å². The Morgan fingerprint density at radius 1 is 1.11 bits per heavy atom. The number of unbranched alkanes of at least 4 members (excludes halogenated alkanes) is 7. The number of hydrogen-bond donors (Lipinski definition) is 1. The van der Waals surface area contributed by atoms with Crippen molar-refractivity contribution in [1.29, 1.82) is 0 Å². The first-order chi connectivity index (χ1) is 13.2. The lowest BCUT2D eigenvalue weighted by atomic mass is 9.95. The Morgan fingerprint density at radius 3 is 2.41 bits per heavy atom. The van der Waals surface area contributed by atoms with Gasteiger partial charge in [0.05, 0.1) is 6.61 Å². The van der Waals surface area contributed by atoms with E-state index < -0.39 is 0 Å². The predicted molar refractivity (Wildman–Crippen MR) is 106 cm³/mol. The van der Waals surface area contributed by atoms with Crippen LogP contribution in [0.1, 0.15) is 103 Å². The average Bonchev–Trinajstić information content (AvgIpc) is 3.09. The zero-order valence-electron chi connectivity index (χ0n) is 17.3. The van der Waals surface area contributed by atoms with Gasteiger partial charge < -0.3 is 14.6 Å². The molecule has 0 radical (unpaired) electrons. The van der Waals surface area contributed by atoms with Crippen LogP contribution in [0.4, 0.5) is 0 Å². The molecule has 0 aliphatic carbocycles. The van der Waals surface area contributed by atoms with Gasteiger partial charge in [0.2, 0.25) is 0 Å². The molecule has 1 rings (SSSR count). The van der Waals surface area contributed by atoms with Crippen LogP contribution < -0.4 is 0 Å². The van der Waals surface area contributed by atoms with Crippen LogP contribution in [-0.4, -0.2) is 36.4 Å². The molecule has 0 aromatic rings. The number of cyclic esters (lactones) is 1. The second kappa shape index (κ2) is 15.9. The van der Waals surface area contributed by atoms with E-state index in [9.17, 15) is 14.7 Å². The third-order valence-electron chi connectivity index (χ3n) is 5.38. The van der Waals surface area contributed by atoms with Crippen LogP contribution in [0.25, 0.3) is 0 Å². The fraction of sp³-hybridized carbons (Fsp3) is 0.909. The second-order valence-corrected chi connectivity index (χ2v) is 7.86. The van der Waals surface area contributed by atoms with E-state index in [4.69, 9.17) is 9.47 Å². The number of carbonyl (C=O) groups is 2. The van der Waals surface area contributed by atoms with Crippen LogP contribution >= 0.6 is 0 Å². The highest BCUT2D eigenvalue weighted by Gasteiger charge is 2.23. The SMILES string of the molecule is CCCCCCCCCC(CO)CCCCOC(=O)CCC1CCC(=O)O1. The first-order valence-electron chi connectivity index (χ1n) is 11.1. The van der Waals surface area contributed by atoms with Crippen molar-refractivity contribution in [3.8, 4) is 0 Å². The maximum Gasteiger partial charge on any atom is 0.306 e. The Balaban J connectivity index is 1.92. The number of hydrogen-bond acceptors (Lipinski definition) is 5. The summed E-state index contributed by atoms with van der Waals surface area (Å²) in [5.41, 5.74) is 0. The van der Waals surface area contributed by atoms with E-state index in [1.54, 1.807) is 0 Å². The summed E-state index contributed by atoms with van der Waals surface area (Å²) < 4.78 is 10.3. The van der Waals surface area contributed by atoms with E-state index in [1.165, 1.54) is 44.9 Å². The van der Waals surface area contributed by atoms with Crippen LogP contribution in [0.2, 0.25) is 0 Å². The number of ether oxygens (including phenoxy) is 2. The quantitative estimate of drug-likeness (QED) is 0.284. The van der Waals surface area contributed by atoms with Gasteiger partial charge in [0, 0.05) is 19.4 Å². The molecule has 0 aromatic heterocycles. The van der Waals surface area contributed by atoms with Gasteiger partial charge in [-0.2, -0.15) is 0 Å². The topological polar surface area (TPSA) is 72.8 Å². The largest absolute Gasteiger partial charge is 0.466 e. The normalized spacial score (nSPS) is 17.7. The van der Waals surface area contributed by atoms with E-state index in [0.717, 1.165) is 25.7 Å². The third kappa shape index (κ3) is 12.8. The van der Waals surface area contributed by atoms with Gasteiger partial charge in [-0.1, -0.05) is 51.9 Å². The summed E-state index contributed by atoms with van der Waals surface area (Å²) in [7, 11) is 0. The molecule has 1 heterocycles. The monoisotopic (exact) mass is 384 g/mol. The van der Waals surface area contributed by atoms with Gasteiger partial charge in [-0.3, -0.25) is 9.59 Å². The van der Waals surface area contributed by atoms with Crippen molar-refractivity contribution in [1.82, 2.24) is 0 Å². The van der Waals surface area contributed by atoms with Crippen molar-refractivity contribution in [2.45, 2.75) is 109 Å². The molecule has 158 valence electrons. The first kappa shape index (κ1) is 23.9. The van der Waals surface area contributed by atoms with Gasteiger partial charge in [-0.25, -0.2) is 0 Å². The molecule has 27 heavy (non-hydrogen) atoms. The van der Waals surface area contributed by atoms with Crippen molar-refractivity contribution in [2.24, 2.45) is 5.92 Å². The molecule has 2 atom stereocenters. The molecule has 0 amide bonds. The molecule has 0 saturated carbocycles. The van der Waals surface area contributed by atoms with Crippen LogP contribution in [0.5, 0.6) is 0 Å². The van der Waals surface area contributed by atoms with E-state index in [2.05, 4.69) is 6.92 Å². The molecular formula is C22H40O5. The molecule has 5 heteroatoms. The Hall–Kier alpha value is -1.10. The van der Waals surface area contributed by atoms with Gasteiger partial charge in [0.1, 0.15) is 6.10 Å². The highest BCUT2D eigenvalue weighted by Crippen LogP contribution is 2.19. The molecule has 1 aliphatic heterocycles. The maximum absolute atomic E-state index is 11.7. The van der Waals surface area contributed by atoms with Crippen molar-refractivity contribution in [3.63, 3.8) is 0 Å². The summed E-state index contributed by atoms with van der Waals surface area (Å²) in [5, 5.41) is 9.51. The average molecular weight is 385 g/mol. The molecule has 1 fully saturated rings. The van der Waals surface area contributed by atoms with Crippen LogP contribution in [0.3, 0.4) is 0 Å². The molecule has 2 unspecified atom stereocenters.